The van der Waals surface area contributed by atoms with Crippen molar-refractivity contribution in [3.05, 3.63) is 81.4 Å². The molecule has 1 unspecified atom stereocenters. The predicted molar refractivity (Wildman–Crippen MR) is 128 cm³/mol. The van der Waals surface area contributed by atoms with Crippen molar-refractivity contribution >= 4 is 21.5 Å². The van der Waals surface area contributed by atoms with Gasteiger partial charge in [0.25, 0.3) is 5.50 Å². The number of hydrogen-bond acceptors (Lipinski definition) is 12. The zero-order valence-electron chi connectivity index (χ0n) is 20.0. The van der Waals surface area contributed by atoms with Gasteiger partial charge in [-0.2, -0.15) is 10.3 Å². The van der Waals surface area contributed by atoms with Crippen LogP contribution in [0.2, 0.25) is 0 Å². The fourth-order valence-corrected chi connectivity index (χ4v) is 4.02. The highest BCUT2D eigenvalue weighted by atomic mass is 32.2. The van der Waals surface area contributed by atoms with E-state index in [0.717, 1.165) is 18.9 Å². The van der Waals surface area contributed by atoms with Gasteiger partial charge in [-0.05, 0) is 24.6 Å². The Morgan fingerprint density at radius 3 is 2.49 bits per heavy atom. The lowest BCUT2D eigenvalue weighted by Gasteiger charge is -2.31. The van der Waals surface area contributed by atoms with Crippen LogP contribution in [0.15, 0.2) is 65.1 Å². The van der Waals surface area contributed by atoms with E-state index < -0.39 is 43.5 Å². The van der Waals surface area contributed by atoms with E-state index in [1.165, 1.54) is 25.1 Å². The molecule has 0 radical (unpaired) electrons. The summed E-state index contributed by atoms with van der Waals surface area (Å²) in [5.41, 5.74) is -2.88. The first-order chi connectivity index (χ1) is 17.6. The third-order valence-corrected chi connectivity index (χ3v) is 5.88. The molecule has 2 aromatic rings. The van der Waals surface area contributed by atoms with Gasteiger partial charge in [0.15, 0.2) is 21.3 Å². The summed E-state index contributed by atoms with van der Waals surface area (Å²) < 4.78 is 41.4. The number of hydroxylamine groups is 2. The molecule has 0 amide bonds. The molecule has 14 heteroatoms. The van der Waals surface area contributed by atoms with Gasteiger partial charge in [-0.25, -0.2) is 18.2 Å². The fraction of sp³-hybridized carbons (Fsp3) is 0.261. The molecule has 1 atom stereocenters. The average molecular weight is 531 g/mol. The minimum Gasteiger partial charge on any atom is -0.485 e. The molecule has 0 aromatic heterocycles. The van der Waals surface area contributed by atoms with Crippen LogP contribution in [0, 0.1) is 21.4 Å². The molecule has 0 aliphatic carbocycles. The number of nitriles is 1. The SMILES string of the molecule is CCOC(=O)C1=NC(S(C)(=O)=O)N(OC)C(Oc2cc(C#N)ccc2OCc2ccccc2)=C1[N+](=O)[O-]. The fourth-order valence-electron chi connectivity index (χ4n) is 3.20. The van der Waals surface area contributed by atoms with Crippen molar-refractivity contribution in [3.8, 4) is 17.6 Å². The first-order valence-electron chi connectivity index (χ1n) is 10.7. The molecule has 0 saturated carbocycles. The molecule has 194 valence electrons. The number of sulfone groups is 1. The van der Waals surface area contributed by atoms with Gasteiger partial charge in [0.2, 0.25) is 5.71 Å². The molecule has 1 aliphatic heterocycles. The highest BCUT2D eigenvalue weighted by Crippen LogP contribution is 2.35. The molecule has 2 aromatic carbocycles. The maximum absolute atomic E-state index is 12.5. The Morgan fingerprint density at radius 2 is 1.92 bits per heavy atom. The van der Waals surface area contributed by atoms with Crippen LogP contribution in [0.1, 0.15) is 18.1 Å². The molecule has 1 heterocycles. The van der Waals surface area contributed by atoms with E-state index in [1.54, 1.807) is 0 Å². The zero-order chi connectivity index (χ0) is 27.2. The number of rotatable bonds is 10. The Hall–Kier alpha value is -4.48. The van der Waals surface area contributed by atoms with Gasteiger partial charge >= 0.3 is 17.5 Å². The summed E-state index contributed by atoms with van der Waals surface area (Å²) in [6, 6.07) is 15.1. The standard InChI is InChI=1S/C23H22N4O9S/c1-4-34-22(28)19-20(27(29)30)21(26(33-2)23(25-19)37(3,31)32)36-18-12-16(13-24)10-11-17(18)35-14-15-8-6-5-7-9-15/h5-12,23H,4,14H2,1-3H3. The lowest BCUT2D eigenvalue weighted by Crippen LogP contribution is -2.47. The van der Waals surface area contributed by atoms with Crippen molar-refractivity contribution in [2.45, 2.75) is 19.0 Å². The van der Waals surface area contributed by atoms with E-state index in [1.807, 2.05) is 36.4 Å². The lowest BCUT2D eigenvalue weighted by atomic mass is 10.2. The third kappa shape index (κ3) is 6.21. The van der Waals surface area contributed by atoms with E-state index in [4.69, 9.17) is 19.0 Å². The van der Waals surface area contributed by atoms with Crippen molar-refractivity contribution in [1.29, 1.82) is 5.26 Å². The largest absolute Gasteiger partial charge is 0.485 e. The second-order valence-electron chi connectivity index (χ2n) is 7.42. The summed E-state index contributed by atoms with van der Waals surface area (Å²) in [5, 5.41) is 22.0. The van der Waals surface area contributed by atoms with Gasteiger partial charge in [0, 0.05) is 12.3 Å². The zero-order valence-corrected chi connectivity index (χ0v) is 20.8. The quantitative estimate of drug-likeness (QED) is 0.250. The molecule has 0 saturated heterocycles. The number of aliphatic imine (C=N–C) groups is 1. The maximum atomic E-state index is 12.5. The van der Waals surface area contributed by atoms with Crippen molar-refractivity contribution in [2.24, 2.45) is 4.99 Å². The van der Waals surface area contributed by atoms with E-state index in [2.05, 4.69) is 4.99 Å². The van der Waals surface area contributed by atoms with Crippen LogP contribution in [-0.2, 0) is 30.8 Å². The van der Waals surface area contributed by atoms with Crippen LogP contribution < -0.4 is 9.47 Å². The van der Waals surface area contributed by atoms with Gasteiger partial charge in [-0.15, -0.1) is 0 Å². The van der Waals surface area contributed by atoms with E-state index in [-0.39, 0.29) is 30.3 Å². The van der Waals surface area contributed by atoms with Gasteiger partial charge < -0.3 is 14.2 Å². The molecule has 0 N–H and O–H groups in total. The van der Waals surface area contributed by atoms with E-state index >= 15 is 0 Å². The number of hydrogen-bond donors (Lipinski definition) is 0. The first kappa shape index (κ1) is 27.1. The van der Waals surface area contributed by atoms with Gasteiger partial charge in [0.05, 0.1) is 30.3 Å². The van der Waals surface area contributed by atoms with E-state index in [0.29, 0.717) is 5.06 Å². The smallest absolute Gasteiger partial charge is 0.364 e. The number of nitro groups is 1. The van der Waals surface area contributed by atoms with Crippen LogP contribution in [0.3, 0.4) is 0 Å². The molecular weight excluding hydrogens is 508 g/mol. The second kappa shape index (κ2) is 11.5. The van der Waals surface area contributed by atoms with Crippen LogP contribution in [-0.4, -0.2) is 55.6 Å². The summed E-state index contributed by atoms with van der Waals surface area (Å²) in [6.45, 7) is 1.39. The highest BCUT2D eigenvalue weighted by Gasteiger charge is 2.47. The minimum atomic E-state index is -4.13. The summed E-state index contributed by atoms with van der Waals surface area (Å²) in [7, 11) is -3.08. The number of benzene rings is 2. The predicted octanol–water partition coefficient (Wildman–Crippen LogP) is 2.17. The molecule has 37 heavy (non-hydrogen) atoms. The van der Waals surface area contributed by atoms with Gasteiger partial charge in [-0.1, -0.05) is 30.3 Å². The number of nitrogens with zero attached hydrogens (tertiary/aromatic N) is 4. The number of carbonyl (C=O) groups is 1. The second-order valence-corrected chi connectivity index (χ2v) is 9.50. The molecule has 3 rings (SSSR count). The van der Waals surface area contributed by atoms with Gasteiger partial charge in [-0.3, -0.25) is 15.0 Å². The maximum Gasteiger partial charge on any atom is 0.364 e. The Kier molecular flexibility index (Phi) is 8.43. The number of carbonyl (C=O) groups excluding carboxylic acids is 1. The third-order valence-electron chi connectivity index (χ3n) is 4.81. The lowest BCUT2D eigenvalue weighted by molar-refractivity contribution is -0.421. The van der Waals surface area contributed by atoms with Gasteiger partial charge in [0.1, 0.15) is 6.61 Å². The Bertz CT molecular complexity index is 1400. The van der Waals surface area contributed by atoms with Crippen LogP contribution >= 0.6 is 0 Å². The van der Waals surface area contributed by atoms with Crippen LogP contribution in [0.5, 0.6) is 11.5 Å². The van der Waals surface area contributed by atoms with Crippen LogP contribution in [0.25, 0.3) is 0 Å². The summed E-state index contributed by atoms with van der Waals surface area (Å²) in [4.78, 5) is 32.5. The molecule has 0 spiro atoms. The molecule has 0 fully saturated rings. The Balaban J connectivity index is 2.16. The van der Waals surface area contributed by atoms with Crippen molar-refractivity contribution in [1.82, 2.24) is 5.06 Å². The number of ether oxygens (including phenoxy) is 3. The summed E-state index contributed by atoms with van der Waals surface area (Å²) in [6.07, 6.45) is 0.801. The number of esters is 1. The molecular formula is C23H22N4O9S. The molecule has 1 aliphatic rings. The molecule has 13 nitrogen and oxygen atoms in total. The Labute approximate surface area is 212 Å². The highest BCUT2D eigenvalue weighted by molar-refractivity contribution is 7.91. The van der Waals surface area contributed by atoms with Crippen molar-refractivity contribution in [3.63, 3.8) is 0 Å². The van der Waals surface area contributed by atoms with E-state index in [9.17, 15) is 28.6 Å². The van der Waals surface area contributed by atoms with Crippen molar-refractivity contribution in [2.75, 3.05) is 20.0 Å². The Morgan fingerprint density at radius 1 is 1.22 bits per heavy atom. The van der Waals surface area contributed by atoms with Crippen molar-refractivity contribution < 1.29 is 37.2 Å². The summed E-state index contributed by atoms with van der Waals surface area (Å²) >= 11 is 0. The summed E-state index contributed by atoms with van der Waals surface area (Å²) in [5.74, 6) is -2.11. The normalized spacial score (nSPS) is 15.5. The molecule has 0 bridgehead atoms. The topological polar surface area (TPSA) is 171 Å². The van der Waals surface area contributed by atoms with Crippen LogP contribution in [0.4, 0.5) is 0 Å². The average Bonchev–Trinajstić information content (AvgIpc) is 2.87. The monoisotopic (exact) mass is 530 g/mol. The first-order valence-corrected chi connectivity index (χ1v) is 12.6. The minimum absolute atomic E-state index is 0.0743.